The number of rotatable bonds is 4. The predicted octanol–water partition coefficient (Wildman–Crippen LogP) is 7.77. The second kappa shape index (κ2) is 9.63. The Bertz CT molecular complexity index is 1750. The Morgan fingerprint density at radius 3 is 2.58 bits per heavy atom. The number of aliphatic imine (C=N–C) groups is 2. The lowest BCUT2D eigenvalue weighted by Gasteiger charge is -2.26. The van der Waals surface area contributed by atoms with Gasteiger partial charge >= 0.3 is 0 Å². The first-order valence-electron chi connectivity index (χ1n) is 13.0. The van der Waals surface area contributed by atoms with Crippen LogP contribution in [0.1, 0.15) is 31.2 Å². The smallest absolute Gasteiger partial charge is 0.169 e. The Hall–Kier alpha value is -4.14. The highest BCUT2D eigenvalue weighted by atomic mass is 79.9. The van der Waals surface area contributed by atoms with Crippen LogP contribution in [0.25, 0.3) is 27.5 Å². The summed E-state index contributed by atoms with van der Waals surface area (Å²) < 4.78 is 3.21. The lowest BCUT2D eigenvalue weighted by Crippen LogP contribution is -2.38. The maximum Gasteiger partial charge on any atom is 0.169 e. The number of allylic oxidation sites excluding steroid dienone is 5. The third-order valence-corrected chi connectivity index (χ3v) is 7.67. The molecule has 38 heavy (non-hydrogen) atoms. The lowest BCUT2D eigenvalue weighted by atomic mass is 9.99. The zero-order valence-electron chi connectivity index (χ0n) is 20.8. The van der Waals surface area contributed by atoms with Crippen LogP contribution in [0, 0.1) is 12.1 Å². The van der Waals surface area contributed by atoms with Crippen molar-refractivity contribution in [3.05, 3.63) is 124 Å². The number of amidine groups is 2. The van der Waals surface area contributed by atoms with Crippen LogP contribution in [0.5, 0.6) is 0 Å². The Morgan fingerprint density at radius 1 is 0.868 bits per heavy atom. The number of fused-ring (bicyclic) bond motifs is 3. The van der Waals surface area contributed by atoms with Gasteiger partial charge in [-0.2, -0.15) is 0 Å². The molecule has 0 saturated heterocycles. The molecular weight excluding hydrogens is 532 g/mol. The van der Waals surface area contributed by atoms with Gasteiger partial charge in [0.05, 0.1) is 9.99 Å². The summed E-state index contributed by atoms with van der Waals surface area (Å²) in [5, 5.41) is 5.95. The molecule has 0 spiro atoms. The molecule has 7 rings (SSSR count). The van der Waals surface area contributed by atoms with Crippen LogP contribution >= 0.6 is 15.9 Å². The minimum Gasteiger partial charge on any atom is -0.325 e. The molecule has 0 amide bonds. The fourth-order valence-corrected chi connectivity index (χ4v) is 5.77. The molecule has 4 aromatic rings. The summed E-state index contributed by atoms with van der Waals surface area (Å²) in [5.41, 5.74) is 6.73. The summed E-state index contributed by atoms with van der Waals surface area (Å²) in [7, 11) is 0. The SMILES string of the molecule is Brc1c#cc2c(c1)c1ccccc1n2C1=CCCC(C2=NC(C3=CCCC=C3)N=C(c3ccccc3)N2)=C1. The van der Waals surface area contributed by atoms with E-state index in [9.17, 15) is 0 Å². The number of hydrogen-bond acceptors (Lipinski definition) is 3. The normalized spacial score (nSPS) is 19.2. The molecule has 1 N–H and O–H groups in total. The number of halogens is 1. The molecule has 2 aliphatic carbocycles. The van der Waals surface area contributed by atoms with Gasteiger partial charge in [-0.1, -0.05) is 78.9 Å². The molecule has 1 aromatic heterocycles. The van der Waals surface area contributed by atoms with Crippen LogP contribution in [0.4, 0.5) is 0 Å². The van der Waals surface area contributed by atoms with E-state index >= 15 is 0 Å². The summed E-state index contributed by atoms with van der Waals surface area (Å²) in [5.74, 6) is 1.76. The van der Waals surface area contributed by atoms with Crippen molar-refractivity contribution in [1.29, 1.82) is 0 Å². The summed E-state index contributed by atoms with van der Waals surface area (Å²) in [6.45, 7) is 0. The van der Waals surface area contributed by atoms with Gasteiger partial charge in [-0.15, -0.1) is 0 Å². The molecular formula is C33H25BrN4. The highest BCUT2D eigenvalue weighted by Gasteiger charge is 2.24. The van der Waals surface area contributed by atoms with Crippen molar-refractivity contribution in [3.8, 4) is 0 Å². The van der Waals surface area contributed by atoms with E-state index in [0.717, 1.165) is 75.1 Å². The first kappa shape index (κ1) is 23.0. The maximum atomic E-state index is 5.13. The number of para-hydroxylation sites is 1. The fourth-order valence-electron chi connectivity index (χ4n) is 5.44. The Kier molecular flexibility index (Phi) is 5.83. The number of hydrogen-bond donors (Lipinski definition) is 1. The van der Waals surface area contributed by atoms with Crippen LogP contribution in [0.3, 0.4) is 0 Å². The van der Waals surface area contributed by atoms with Gasteiger partial charge < -0.3 is 9.88 Å². The first-order valence-corrected chi connectivity index (χ1v) is 13.8. The van der Waals surface area contributed by atoms with Crippen molar-refractivity contribution in [2.24, 2.45) is 9.98 Å². The Labute approximate surface area is 230 Å². The van der Waals surface area contributed by atoms with Gasteiger partial charge in [0.1, 0.15) is 17.2 Å². The summed E-state index contributed by atoms with van der Waals surface area (Å²) in [4.78, 5) is 10.1. The highest BCUT2D eigenvalue weighted by Crippen LogP contribution is 2.34. The second-order valence-corrected chi connectivity index (χ2v) is 10.6. The van der Waals surface area contributed by atoms with E-state index in [4.69, 9.17) is 9.98 Å². The first-order chi connectivity index (χ1) is 18.7. The van der Waals surface area contributed by atoms with Crippen molar-refractivity contribution in [1.82, 2.24) is 9.88 Å². The van der Waals surface area contributed by atoms with Gasteiger partial charge in [0, 0.05) is 22.0 Å². The number of benzene rings is 2. The molecule has 5 heteroatoms. The Balaban J connectivity index is 1.33. The third-order valence-electron chi connectivity index (χ3n) is 7.25. The van der Waals surface area contributed by atoms with Crippen LogP contribution in [-0.4, -0.2) is 22.4 Å². The summed E-state index contributed by atoms with van der Waals surface area (Å²) >= 11 is 3.58. The Morgan fingerprint density at radius 2 is 1.71 bits per heavy atom. The van der Waals surface area contributed by atoms with Gasteiger partial charge in [0.25, 0.3) is 0 Å². The van der Waals surface area contributed by atoms with E-state index in [2.05, 4.69) is 123 Å². The van der Waals surface area contributed by atoms with E-state index in [1.165, 1.54) is 11.0 Å². The minimum absolute atomic E-state index is 0.248. The van der Waals surface area contributed by atoms with E-state index < -0.39 is 0 Å². The lowest BCUT2D eigenvalue weighted by molar-refractivity contribution is 0.793. The van der Waals surface area contributed by atoms with E-state index in [0.29, 0.717) is 0 Å². The zero-order valence-corrected chi connectivity index (χ0v) is 22.4. The van der Waals surface area contributed by atoms with Crippen LogP contribution < -0.4 is 5.32 Å². The molecule has 1 atom stereocenters. The third kappa shape index (κ3) is 4.12. The topological polar surface area (TPSA) is 41.7 Å². The van der Waals surface area contributed by atoms with Crippen LogP contribution in [0.15, 0.2) is 117 Å². The van der Waals surface area contributed by atoms with E-state index in [1.54, 1.807) is 0 Å². The molecule has 184 valence electrons. The number of aromatic nitrogens is 1. The van der Waals surface area contributed by atoms with E-state index in [-0.39, 0.29) is 6.17 Å². The standard InChI is InChI=1S/C33H25BrN4/c34-25-18-19-30-28(21-25)27-16-7-8-17-29(27)38(30)26-15-9-14-24(20-26)33-36-31(22-10-3-1-4-11-22)35-32(37-33)23-12-5-2-6-13-23/h1,3-5,7-8,10-13,15-17,20-21,32H,2,6,9,14H2,(H,35,36,37). The highest BCUT2D eigenvalue weighted by molar-refractivity contribution is 9.10. The average Bonchev–Trinajstić information content (AvgIpc) is 3.31. The van der Waals surface area contributed by atoms with Crippen molar-refractivity contribution < 1.29 is 0 Å². The number of nitrogens with zero attached hydrogens (tertiary/aromatic N) is 3. The minimum atomic E-state index is -0.248. The van der Waals surface area contributed by atoms with Crippen LogP contribution in [-0.2, 0) is 0 Å². The molecule has 0 saturated carbocycles. The van der Waals surface area contributed by atoms with Crippen molar-refractivity contribution in [3.63, 3.8) is 0 Å². The van der Waals surface area contributed by atoms with Crippen molar-refractivity contribution in [2.75, 3.05) is 0 Å². The molecule has 1 aliphatic heterocycles. The molecule has 1 unspecified atom stereocenters. The van der Waals surface area contributed by atoms with Gasteiger partial charge in [-0.25, -0.2) is 9.98 Å². The van der Waals surface area contributed by atoms with Crippen LogP contribution in [0.2, 0.25) is 0 Å². The molecule has 3 aliphatic rings. The summed E-state index contributed by atoms with van der Waals surface area (Å²) in [6.07, 6.45) is 15.0. The fraction of sp³-hybridized carbons (Fsp3) is 0.152. The zero-order chi connectivity index (χ0) is 25.5. The van der Waals surface area contributed by atoms with Gasteiger partial charge in [0.15, 0.2) is 6.17 Å². The predicted molar refractivity (Wildman–Crippen MR) is 160 cm³/mol. The quantitative estimate of drug-likeness (QED) is 0.274. The molecule has 0 fully saturated rings. The van der Waals surface area contributed by atoms with Gasteiger partial charge in [-0.05, 0) is 77.0 Å². The van der Waals surface area contributed by atoms with E-state index in [1.807, 2.05) is 6.07 Å². The molecule has 0 radical (unpaired) electrons. The molecule has 2 heterocycles. The number of nitrogens with one attached hydrogen (secondary N) is 1. The molecule has 0 bridgehead atoms. The average molecular weight is 557 g/mol. The largest absolute Gasteiger partial charge is 0.325 e. The second-order valence-electron chi connectivity index (χ2n) is 9.70. The van der Waals surface area contributed by atoms with Crippen molar-refractivity contribution in [2.45, 2.75) is 31.8 Å². The maximum absolute atomic E-state index is 5.13. The van der Waals surface area contributed by atoms with Gasteiger partial charge in [-0.3, -0.25) is 0 Å². The van der Waals surface area contributed by atoms with Gasteiger partial charge in [0.2, 0.25) is 0 Å². The van der Waals surface area contributed by atoms with Crippen molar-refractivity contribution >= 4 is 55.1 Å². The molecule has 4 nitrogen and oxygen atoms in total. The monoisotopic (exact) mass is 556 g/mol. The molecule has 3 aromatic carbocycles. The summed E-state index contributed by atoms with van der Waals surface area (Å²) in [6, 6.07) is 27.6.